The zero-order chi connectivity index (χ0) is 17.1. The van der Waals surface area contributed by atoms with Gasteiger partial charge in [0, 0.05) is 44.8 Å². The molecule has 1 amide bonds. The molecule has 6 heteroatoms. The van der Waals surface area contributed by atoms with Crippen molar-refractivity contribution >= 4 is 11.7 Å². The van der Waals surface area contributed by atoms with E-state index in [0.717, 1.165) is 45.1 Å². The molecule has 2 aliphatic rings. The Labute approximate surface area is 148 Å². The van der Waals surface area contributed by atoms with E-state index in [-0.39, 0.29) is 5.91 Å². The molecule has 0 saturated carbocycles. The van der Waals surface area contributed by atoms with Crippen molar-refractivity contribution in [3.8, 4) is 0 Å². The summed E-state index contributed by atoms with van der Waals surface area (Å²) in [4.78, 5) is 25.9. The molecule has 1 saturated heterocycles. The number of carbonyl (C=O) groups is 1. The second kappa shape index (κ2) is 7.35. The lowest BCUT2D eigenvalue weighted by molar-refractivity contribution is 0.0755. The van der Waals surface area contributed by atoms with Crippen molar-refractivity contribution in [3.05, 3.63) is 42.5 Å². The number of fused-ring (bicyclic) bond motifs is 1. The van der Waals surface area contributed by atoms with Gasteiger partial charge in [0.15, 0.2) is 0 Å². The van der Waals surface area contributed by atoms with Crippen LogP contribution in [0.15, 0.2) is 36.8 Å². The van der Waals surface area contributed by atoms with Crippen molar-refractivity contribution in [2.75, 3.05) is 32.7 Å². The quantitative estimate of drug-likeness (QED) is 0.805. The molecule has 1 aliphatic heterocycles. The number of carbonyl (C=O) groups excluding carboxylic acids is 1. The van der Waals surface area contributed by atoms with Gasteiger partial charge in [-0.3, -0.25) is 9.20 Å². The Morgan fingerprint density at radius 1 is 1.20 bits per heavy atom. The second-order valence-electron chi connectivity index (χ2n) is 7.05. The lowest BCUT2D eigenvalue weighted by Crippen LogP contribution is -2.36. The van der Waals surface area contributed by atoms with E-state index in [9.17, 15) is 4.79 Å². The molecular formula is C19H25N5O. The van der Waals surface area contributed by atoms with E-state index < -0.39 is 0 Å². The number of hydrogen-bond donors (Lipinski definition) is 0. The first-order valence-corrected chi connectivity index (χ1v) is 9.26. The summed E-state index contributed by atoms with van der Waals surface area (Å²) in [5.74, 6) is 1.37. The number of imidazole rings is 1. The first-order chi connectivity index (χ1) is 12.3. The number of allylic oxidation sites excluding steroid dienone is 2. The summed E-state index contributed by atoms with van der Waals surface area (Å²) in [6.45, 7) is 4.78. The zero-order valence-corrected chi connectivity index (χ0v) is 14.5. The van der Waals surface area contributed by atoms with Crippen LogP contribution in [-0.2, 0) is 0 Å². The van der Waals surface area contributed by atoms with Crippen LogP contribution in [0.4, 0.5) is 0 Å². The van der Waals surface area contributed by atoms with Gasteiger partial charge < -0.3 is 9.80 Å². The van der Waals surface area contributed by atoms with E-state index >= 15 is 0 Å². The SMILES string of the molecule is O=C(c1cn2cccnc2n1)N1CCCN(CC2CC=CCC2)CC1. The van der Waals surface area contributed by atoms with Crippen LogP contribution in [0.5, 0.6) is 0 Å². The van der Waals surface area contributed by atoms with Crippen LogP contribution < -0.4 is 0 Å². The maximum Gasteiger partial charge on any atom is 0.274 e. The van der Waals surface area contributed by atoms with Gasteiger partial charge in [-0.2, -0.15) is 0 Å². The van der Waals surface area contributed by atoms with Crippen molar-refractivity contribution in [1.82, 2.24) is 24.2 Å². The highest BCUT2D eigenvalue weighted by Gasteiger charge is 2.23. The van der Waals surface area contributed by atoms with Gasteiger partial charge in [0.1, 0.15) is 5.69 Å². The van der Waals surface area contributed by atoms with Gasteiger partial charge in [-0.25, -0.2) is 9.97 Å². The van der Waals surface area contributed by atoms with Crippen LogP contribution in [0, 0.1) is 5.92 Å². The van der Waals surface area contributed by atoms with Crippen LogP contribution in [0.2, 0.25) is 0 Å². The summed E-state index contributed by atoms with van der Waals surface area (Å²) < 4.78 is 1.80. The summed E-state index contributed by atoms with van der Waals surface area (Å²) in [6, 6.07) is 1.84. The van der Waals surface area contributed by atoms with Crippen LogP contribution in [0.25, 0.3) is 5.78 Å². The van der Waals surface area contributed by atoms with Gasteiger partial charge in [0.25, 0.3) is 5.91 Å². The molecule has 132 valence electrons. The Morgan fingerprint density at radius 2 is 2.16 bits per heavy atom. The molecule has 2 aromatic rings. The molecular weight excluding hydrogens is 314 g/mol. The van der Waals surface area contributed by atoms with E-state index in [2.05, 4.69) is 27.0 Å². The highest BCUT2D eigenvalue weighted by Crippen LogP contribution is 2.20. The van der Waals surface area contributed by atoms with E-state index in [0.29, 0.717) is 11.5 Å². The van der Waals surface area contributed by atoms with Crippen molar-refractivity contribution in [2.45, 2.75) is 25.7 Å². The monoisotopic (exact) mass is 339 g/mol. The lowest BCUT2D eigenvalue weighted by atomic mass is 9.94. The minimum atomic E-state index is 0.0212. The Bertz CT molecular complexity index is 735. The largest absolute Gasteiger partial charge is 0.336 e. The Balaban J connectivity index is 1.38. The fourth-order valence-corrected chi connectivity index (χ4v) is 3.84. The average molecular weight is 339 g/mol. The van der Waals surface area contributed by atoms with Crippen LogP contribution >= 0.6 is 0 Å². The maximum atomic E-state index is 12.8. The molecule has 6 nitrogen and oxygen atoms in total. The topological polar surface area (TPSA) is 53.7 Å². The molecule has 3 heterocycles. The fraction of sp³-hybridized carbons (Fsp3) is 0.526. The van der Waals surface area contributed by atoms with Crippen molar-refractivity contribution in [3.63, 3.8) is 0 Å². The predicted octanol–water partition coefficient (Wildman–Crippen LogP) is 2.23. The molecule has 4 rings (SSSR count). The average Bonchev–Trinajstić information content (AvgIpc) is 2.95. The third-order valence-corrected chi connectivity index (χ3v) is 5.22. The number of nitrogens with zero attached hydrogens (tertiary/aromatic N) is 5. The number of amides is 1. The molecule has 0 radical (unpaired) electrons. The highest BCUT2D eigenvalue weighted by molar-refractivity contribution is 5.92. The standard InChI is InChI=1S/C19H25N5O/c25-18(17-15-24-10-4-8-20-19(24)21-17)23-11-5-9-22(12-13-23)14-16-6-2-1-3-7-16/h1-2,4,8,10,15-16H,3,5-7,9,11-14H2. The van der Waals surface area contributed by atoms with Gasteiger partial charge in [-0.1, -0.05) is 12.2 Å². The molecule has 1 unspecified atom stereocenters. The number of hydrogen-bond acceptors (Lipinski definition) is 4. The Hall–Kier alpha value is -2.21. The molecule has 1 fully saturated rings. The predicted molar refractivity (Wildman–Crippen MR) is 96.4 cm³/mol. The van der Waals surface area contributed by atoms with Crippen molar-refractivity contribution in [2.24, 2.45) is 5.92 Å². The highest BCUT2D eigenvalue weighted by atomic mass is 16.2. The molecule has 0 N–H and O–H groups in total. The summed E-state index contributed by atoms with van der Waals surface area (Å²) in [5, 5.41) is 0. The third-order valence-electron chi connectivity index (χ3n) is 5.22. The number of aromatic nitrogens is 3. The minimum Gasteiger partial charge on any atom is -0.336 e. The number of rotatable bonds is 3. The fourth-order valence-electron chi connectivity index (χ4n) is 3.84. The van der Waals surface area contributed by atoms with E-state index in [1.54, 1.807) is 16.8 Å². The molecule has 0 bridgehead atoms. The lowest BCUT2D eigenvalue weighted by Gasteiger charge is -2.27. The Morgan fingerprint density at radius 3 is 3.00 bits per heavy atom. The third kappa shape index (κ3) is 3.74. The molecule has 0 aromatic carbocycles. The van der Waals surface area contributed by atoms with Crippen LogP contribution in [0.3, 0.4) is 0 Å². The second-order valence-corrected chi connectivity index (χ2v) is 7.05. The zero-order valence-electron chi connectivity index (χ0n) is 14.5. The van der Waals surface area contributed by atoms with E-state index in [4.69, 9.17) is 0 Å². The molecule has 0 spiro atoms. The summed E-state index contributed by atoms with van der Waals surface area (Å²) in [7, 11) is 0. The van der Waals surface area contributed by atoms with Gasteiger partial charge in [0.2, 0.25) is 5.78 Å². The molecule has 1 atom stereocenters. The normalized spacial score (nSPS) is 22.2. The molecule has 2 aromatic heterocycles. The first kappa shape index (κ1) is 16.3. The van der Waals surface area contributed by atoms with Crippen LogP contribution in [-0.4, -0.2) is 62.8 Å². The van der Waals surface area contributed by atoms with E-state index in [1.165, 1.54) is 19.3 Å². The van der Waals surface area contributed by atoms with Crippen LogP contribution in [0.1, 0.15) is 36.2 Å². The van der Waals surface area contributed by atoms with Gasteiger partial charge in [-0.15, -0.1) is 0 Å². The summed E-state index contributed by atoms with van der Waals surface area (Å²) in [5.41, 5.74) is 0.490. The molecule has 1 aliphatic carbocycles. The van der Waals surface area contributed by atoms with Gasteiger partial charge in [0.05, 0.1) is 0 Å². The minimum absolute atomic E-state index is 0.0212. The maximum absolute atomic E-state index is 12.8. The van der Waals surface area contributed by atoms with Crippen molar-refractivity contribution < 1.29 is 4.79 Å². The van der Waals surface area contributed by atoms with E-state index in [1.807, 2.05) is 17.2 Å². The first-order valence-electron chi connectivity index (χ1n) is 9.26. The van der Waals surface area contributed by atoms with Crippen molar-refractivity contribution in [1.29, 1.82) is 0 Å². The summed E-state index contributed by atoms with van der Waals surface area (Å²) in [6.07, 6.45) is 14.7. The Kier molecular flexibility index (Phi) is 4.78. The van der Waals surface area contributed by atoms with Gasteiger partial charge in [-0.05, 0) is 44.2 Å². The van der Waals surface area contributed by atoms with Gasteiger partial charge >= 0.3 is 0 Å². The summed E-state index contributed by atoms with van der Waals surface area (Å²) >= 11 is 0. The molecule has 25 heavy (non-hydrogen) atoms. The smallest absolute Gasteiger partial charge is 0.274 e.